The molecule has 0 aromatic carbocycles. The van der Waals surface area contributed by atoms with Crippen LogP contribution in [-0.2, 0) is 4.74 Å². The number of thiophene rings is 1. The van der Waals surface area contributed by atoms with Crippen LogP contribution in [0.15, 0.2) is 30.5 Å². The molecule has 3 aromatic heterocycles. The molecule has 0 bridgehead atoms. The maximum atomic E-state index is 11.6. The molecule has 6 nitrogen and oxygen atoms in total. The molecule has 0 aliphatic heterocycles. The maximum Gasteiger partial charge on any atom is 0.356 e. The fourth-order valence-electron chi connectivity index (χ4n) is 2.21. The van der Waals surface area contributed by atoms with Gasteiger partial charge in [-0.15, -0.1) is 11.3 Å². The van der Waals surface area contributed by atoms with Crippen molar-refractivity contribution in [2.24, 2.45) is 0 Å². The predicted octanol–water partition coefficient (Wildman–Crippen LogP) is 2.86. The van der Waals surface area contributed by atoms with Crippen LogP contribution in [0.25, 0.3) is 16.2 Å². The zero-order valence-corrected chi connectivity index (χ0v) is 12.7. The monoisotopic (exact) mass is 316 g/mol. The normalized spacial score (nSPS) is 10.8. The van der Waals surface area contributed by atoms with Gasteiger partial charge in [-0.3, -0.25) is 4.40 Å². The zero-order chi connectivity index (χ0) is 15.9. The quantitative estimate of drug-likeness (QED) is 0.751. The van der Waals surface area contributed by atoms with Crippen molar-refractivity contribution in [3.8, 4) is 10.7 Å². The molecule has 0 aliphatic carbocycles. The minimum absolute atomic E-state index is 0.0909. The molecule has 0 saturated carbocycles. The number of esters is 1. The van der Waals surface area contributed by atoms with Crippen LogP contribution in [0.2, 0.25) is 0 Å². The Hall–Kier alpha value is -2.67. The zero-order valence-electron chi connectivity index (χ0n) is 11.9. The Labute approximate surface area is 129 Å². The smallest absolute Gasteiger partial charge is 0.356 e. The van der Waals surface area contributed by atoms with Crippen LogP contribution in [0.4, 0.5) is 0 Å². The topological polar surface area (TPSA) is 80.9 Å². The molecule has 0 radical (unpaired) electrons. The van der Waals surface area contributed by atoms with E-state index in [0.29, 0.717) is 11.3 Å². The van der Waals surface area contributed by atoms with E-state index in [9.17, 15) is 14.7 Å². The first-order chi connectivity index (χ1) is 10.5. The number of ether oxygens (including phenoxy) is 1. The SMILES string of the molecule is COC(=O)c1ccn2c(-c3ccc(C)s3)nc(C(=O)O)c2c1. The van der Waals surface area contributed by atoms with Crippen molar-refractivity contribution in [3.63, 3.8) is 0 Å². The van der Waals surface area contributed by atoms with Gasteiger partial charge in [-0.05, 0) is 31.2 Å². The first kappa shape index (κ1) is 14.3. The molecule has 3 heterocycles. The van der Waals surface area contributed by atoms with E-state index >= 15 is 0 Å². The Morgan fingerprint density at radius 3 is 2.68 bits per heavy atom. The molecule has 0 aliphatic rings. The Balaban J connectivity index is 2.27. The van der Waals surface area contributed by atoms with Crippen LogP contribution in [-0.4, -0.2) is 33.5 Å². The van der Waals surface area contributed by atoms with Crippen LogP contribution < -0.4 is 0 Å². The van der Waals surface area contributed by atoms with Crippen LogP contribution in [0.5, 0.6) is 0 Å². The van der Waals surface area contributed by atoms with Gasteiger partial charge in [0.25, 0.3) is 0 Å². The average Bonchev–Trinajstić information content (AvgIpc) is 3.09. The van der Waals surface area contributed by atoms with Crippen LogP contribution in [0, 0.1) is 6.92 Å². The Morgan fingerprint density at radius 2 is 2.09 bits per heavy atom. The predicted molar refractivity (Wildman–Crippen MR) is 81.5 cm³/mol. The second kappa shape index (κ2) is 5.27. The maximum absolute atomic E-state index is 11.6. The minimum Gasteiger partial charge on any atom is -0.476 e. The van der Waals surface area contributed by atoms with Crippen molar-refractivity contribution >= 4 is 28.8 Å². The van der Waals surface area contributed by atoms with Crippen molar-refractivity contribution < 1.29 is 19.4 Å². The highest BCUT2D eigenvalue weighted by Crippen LogP contribution is 2.29. The van der Waals surface area contributed by atoms with E-state index in [1.165, 1.54) is 24.5 Å². The molecule has 112 valence electrons. The third-order valence-electron chi connectivity index (χ3n) is 3.23. The summed E-state index contributed by atoms with van der Waals surface area (Å²) in [6.45, 7) is 1.97. The Morgan fingerprint density at radius 1 is 1.32 bits per heavy atom. The molecule has 7 heteroatoms. The molecule has 0 unspecified atom stereocenters. The molecule has 1 N–H and O–H groups in total. The van der Waals surface area contributed by atoms with E-state index in [2.05, 4.69) is 9.72 Å². The average molecular weight is 316 g/mol. The number of carbonyl (C=O) groups is 2. The highest BCUT2D eigenvalue weighted by molar-refractivity contribution is 7.15. The van der Waals surface area contributed by atoms with E-state index in [1.807, 2.05) is 19.1 Å². The number of fused-ring (bicyclic) bond motifs is 1. The van der Waals surface area contributed by atoms with Gasteiger partial charge < -0.3 is 9.84 Å². The van der Waals surface area contributed by atoms with E-state index in [-0.39, 0.29) is 11.3 Å². The molecular weight excluding hydrogens is 304 g/mol. The number of carbonyl (C=O) groups excluding carboxylic acids is 1. The number of carboxylic acids is 1. The highest BCUT2D eigenvalue weighted by Gasteiger charge is 2.20. The summed E-state index contributed by atoms with van der Waals surface area (Å²) in [5.74, 6) is -1.12. The van der Waals surface area contributed by atoms with Crippen LogP contribution >= 0.6 is 11.3 Å². The summed E-state index contributed by atoms with van der Waals surface area (Å²) in [5.41, 5.74) is 0.551. The number of hydrogen-bond donors (Lipinski definition) is 1. The number of aromatic carboxylic acids is 1. The van der Waals surface area contributed by atoms with E-state index in [4.69, 9.17) is 0 Å². The van der Waals surface area contributed by atoms with Gasteiger partial charge in [-0.25, -0.2) is 14.6 Å². The molecular formula is C15H12N2O4S. The molecule has 3 aromatic rings. The number of methoxy groups -OCH3 is 1. The second-order valence-corrected chi connectivity index (χ2v) is 5.95. The van der Waals surface area contributed by atoms with Crippen LogP contribution in [0.3, 0.4) is 0 Å². The summed E-state index contributed by atoms with van der Waals surface area (Å²) in [6, 6.07) is 6.90. The molecule has 22 heavy (non-hydrogen) atoms. The van der Waals surface area contributed by atoms with Gasteiger partial charge in [0.1, 0.15) is 0 Å². The van der Waals surface area contributed by atoms with Crippen molar-refractivity contribution in [3.05, 3.63) is 46.6 Å². The van der Waals surface area contributed by atoms with E-state index in [0.717, 1.165) is 9.75 Å². The Kier molecular flexibility index (Phi) is 3.42. The third kappa shape index (κ3) is 2.25. The lowest BCUT2D eigenvalue weighted by molar-refractivity contribution is 0.0599. The van der Waals surface area contributed by atoms with Gasteiger partial charge in [0.05, 0.1) is 23.1 Å². The summed E-state index contributed by atoms with van der Waals surface area (Å²) in [4.78, 5) is 29.2. The van der Waals surface area contributed by atoms with Crippen molar-refractivity contribution in [2.75, 3.05) is 7.11 Å². The molecule has 3 rings (SSSR count). The standard InChI is InChI=1S/C15H12N2O4S/c1-8-3-4-11(22-8)13-16-12(14(18)19)10-7-9(15(20)21-2)5-6-17(10)13/h3-7H,1-2H3,(H,18,19). The number of aryl methyl sites for hydroxylation is 1. The van der Waals surface area contributed by atoms with Gasteiger partial charge >= 0.3 is 11.9 Å². The van der Waals surface area contributed by atoms with Gasteiger partial charge in [0.15, 0.2) is 11.5 Å². The molecule has 0 fully saturated rings. The van der Waals surface area contributed by atoms with Gasteiger partial charge in [0.2, 0.25) is 0 Å². The minimum atomic E-state index is -1.14. The lowest BCUT2D eigenvalue weighted by Gasteiger charge is -2.02. The van der Waals surface area contributed by atoms with Crippen molar-refractivity contribution in [1.29, 1.82) is 0 Å². The number of pyridine rings is 1. The van der Waals surface area contributed by atoms with Crippen molar-refractivity contribution in [2.45, 2.75) is 6.92 Å². The molecule has 0 atom stereocenters. The van der Waals surface area contributed by atoms with E-state index < -0.39 is 11.9 Å². The highest BCUT2D eigenvalue weighted by atomic mass is 32.1. The largest absolute Gasteiger partial charge is 0.476 e. The summed E-state index contributed by atoms with van der Waals surface area (Å²) < 4.78 is 6.33. The second-order valence-electron chi connectivity index (χ2n) is 4.66. The fraction of sp³-hybridized carbons (Fsp3) is 0.133. The first-order valence-corrected chi connectivity index (χ1v) is 7.23. The summed E-state index contributed by atoms with van der Waals surface area (Å²) in [5, 5.41) is 9.35. The number of nitrogens with zero attached hydrogens (tertiary/aromatic N) is 2. The summed E-state index contributed by atoms with van der Waals surface area (Å²) in [7, 11) is 1.28. The first-order valence-electron chi connectivity index (χ1n) is 6.42. The summed E-state index contributed by atoms with van der Waals surface area (Å²) in [6.07, 6.45) is 1.63. The van der Waals surface area contributed by atoms with Crippen molar-refractivity contribution in [1.82, 2.24) is 9.38 Å². The summed E-state index contributed by atoms with van der Waals surface area (Å²) >= 11 is 1.53. The molecule has 0 spiro atoms. The van der Waals surface area contributed by atoms with Gasteiger partial charge in [0, 0.05) is 11.1 Å². The van der Waals surface area contributed by atoms with Crippen LogP contribution in [0.1, 0.15) is 25.7 Å². The number of carboxylic acid groups (broad SMARTS) is 1. The lowest BCUT2D eigenvalue weighted by Crippen LogP contribution is -2.03. The molecule has 0 saturated heterocycles. The Bertz CT molecular complexity index is 894. The number of hydrogen-bond acceptors (Lipinski definition) is 5. The number of rotatable bonds is 3. The molecule has 0 amide bonds. The number of imidazole rings is 1. The number of aromatic nitrogens is 2. The lowest BCUT2D eigenvalue weighted by atomic mass is 10.2. The van der Waals surface area contributed by atoms with Gasteiger partial charge in [-0.1, -0.05) is 0 Å². The van der Waals surface area contributed by atoms with E-state index in [1.54, 1.807) is 16.7 Å². The third-order valence-corrected chi connectivity index (χ3v) is 4.22. The van der Waals surface area contributed by atoms with Gasteiger partial charge in [-0.2, -0.15) is 0 Å². The fourth-order valence-corrected chi connectivity index (χ4v) is 3.07.